The van der Waals surface area contributed by atoms with Gasteiger partial charge in [-0.15, -0.1) is 0 Å². The molecule has 0 aliphatic carbocycles. The molecule has 1 aromatic rings. The van der Waals surface area contributed by atoms with Crippen molar-refractivity contribution in [2.45, 2.75) is 63.1 Å². The molecule has 1 saturated heterocycles. The van der Waals surface area contributed by atoms with Crippen LogP contribution in [0.4, 0.5) is 0 Å². The summed E-state index contributed by atoms with van der Waals surface area (Å²) >= 11 is 0. The fraction of sp³-hybridized carbons (Fsp3) is 0.481. The summed E-state index contributed by atoms with van der Waals surface area (Å²) in [6.45, 7) is -0.530. The van der Waals surface area contributed by atoms with Gasteiger partial charge in [0.15, 0.2) is 11.7 Å². The van der Waals surface area contributed by atoms with Crippen molar-refractivity contribution in [1.82, 2.24) is 21.3 Å². The lowest BCUT2D eigenvalue weighted by molar-refractivity contribution is -0.141. The van der Waals surface area contributed by atoms with Crippen molar-refractivity contribution in [3.8, 4) is 0 Å². The molecule has 1 aliphatic rings. The summed E-state index contributed by atoms with van der Waals surface area (Å²) in [4.78, 5) is 92.2. The van der Waals surface area contributed by atoms with Gasteiger partial charge >= 0.3 is 11.9 Å². The SMILES string of the molecule is NC(N)=NCCC[C@@H]1NC(=O)[C@H](CCC(=O)O)NC(=O)[C@@H](Cc2ccccc2)CC(=O)[C@H](CC(=O)O)NC(=O)CNC1=O. The number of nitrogens with one attached hydrogen (secondary N) is 4. The van der Waals surface area contributed by atoms with E-state index in [0.29, 0.717) is 5.56 Å². The molecule has 16 heteroatoms. The first kappa shape index (κ1) is 34.2. The Morgan fingerprint density at radius 1 is 0.837 bits per heavy atom. The fourth-order valence-corrected chi connectivity index (χ4v) is 4.37. The molecule has 16 nitrogen and oxygen atoms in total. The van der Waals surface area contributed by atoms with Gasteiger partial charge in [-0.1, -0.05) is 30.3 Å². The van der Waals surface area contributed by atoms with Crippen molar-refractivity contribution in [3.05, 3.63) is 35.9 Å². The van der Waals surface area contributed by atoms with Crippen LogP contribution >= 0.6 is 0 Å². The number of rotatable bonds is 11. The average molecular weight is 604 g/mol. The van der Waals surface area contributed by atoms with Crippen molar-refractivity contribution in [2.75, 3.05) is 13.1 Å². The van der Waals surface area contributed by atoms with Crippen molar-refractivity contribution >= 4 is 47.3 Å². The molecule has 1 aromatic carbocycles. The molecule has 234 valence electrons. The van der Waals surface area contributed by atoms with Crippen LogP contribution in [0, 0.1) is 5.92 Å². The minimum absolute atomic E-state index is 0.00628. The molecule has 2 rings (SSSR count). The van der Waals surface area contributed by atoms with Crippen molar-refractivity contribution in [1.29, 1.82) is 0 Å². The molecule has 0 unspecified atom stereocenters. The predicted molar refractivity (Wildman–Crippen MR) is 151 cm³/mol. The zero-order valence-corrected chi connectivity index (χ0v) is 23.4. The molecule has 43 heavy (non-hydrogen) atoms. The van der Waals surface area contributed by atoms with E-state index in [1.807, 2.05) is 0 Å². The number of Topliss-reactive ketones (excluding diaryl/α,β-unsaturated/α-hetero) is 1. The van der Waals surface area contributed by atoms with Gasteiger partial charge < -0.3 is 42.9 Å². The van der Waals surface area contributed by atoms with Gasteiger partial charge in [0, 0.05) is 25.3 Å². The molecule has 1 aliphatic heterocycles. The molecule has 0 saturated carbocycles. The topological polar surface area (TPSA) is 272 Å². The third-order valence-corrected chi connectivity index (χ3v) is 6.53. The van der Waals surface area contributed by atoms with E-state index in [0.717, 1.165) is 0 Å². The predicted octanol–water partition coefficient (Wildman–Crippen LogP) is -2.22. The summed E-state index contributed by atoms with van der Waals surface area (Å²) in [5, 5.41) is 28.2. The van der Waals surface area contributed by atoms with Gasteiger partial charge in [-0.3, -0.25) is 38.6 Å². The Morgan fingerprint density at radius 2 is 1.49 bits per heavy atom. The van der Waals surface area contributed by atoms with Gasteiger partial charge in [0.2, 0.25) is 23.6 Å². The van der Waals surface area contributed by atoms with Crippen LogP contribution in [0.1, 0.15) is 44.1 Å². The molecular weight excluding hydrogens is 566 g/mol. The van der Waals surface area contributed by atoms with Crippen LogP contribution in [-0.4, -0.2) is 88.7 Å². The summed E-state index contributed by atoms with van der Waals surface area (Å²) in [6.07, 6.45) is -1.84. The maximum Gasteiger partial charge on any atom is 0.305 e. The monoisotopic (exact) mass is 603 g/mol. The number of carboxylic acid groups (broad SMARTS) is 2. The first-order valence-electron chi connectivity index (χ1n) is 13.6. The normalized spacial score (nSPS) is 22.1. The Labute approximate surface area is 247 Å². The minimum atomic E-state index is -1.50. The highest BCUT2D eigenvalue weighted by Gasteiger charge is 2.33. The average Bonchev–Trinajstić information content (AvgIpc) is 2.94. The van der Waals surface area contributed by atoms with E-state index in [4.69, 9.17) is 11.5 Å². The number of nitrogens with two attached hydrogens (primary N) is 2. The maximum absolute atomic E-state index is 13.5. The van der Waals surface area contributed by atoms with E-state index in [-0.39, 0.29) is 38.2 Å². The summed E-state index contributed by atoms with van der Waals surface area (Å²) in [5.74, 6) is -7.95. The van der Waals surface area contributed by atoms with Crippen molar-refractivity contribution < 1.29 is 43.8 Å². The summed E-state index contributed by atoms with van der Waals surface area (Å²) in [5.41, 5.74) is 11.3. The Hall–Kier alpha value is -5.02. The Kier molecular flexibility index (Phi) is 13.6. The van der Waals surface area contributed by atoms with Gasteiger partial charge in [-0.05, 0) is 31.2 Å². The number of carbonyl (C=O) groups excluding carboxylic acids is 5. The molecule has 1 fully saturated rings. The molecule has 4 amide bonds. The number of aliphatic carboxylic acids is 2. The highest BCUT2D eigenvalue weighted by Crippen LogP contribution is 2.17. The van der Waals surface area contributed by atoms with Crippen LogP contribution in [0.25, 0.3) is 0 Å². The molecule has 0 spiro atoms. The first-order valence-corrected chi connectivity index (χ1v) is 13.6. The lowest BCUT2D eigenvalue weighted by Gasteiger charge is -2.25. The Balaban J connectivity index is 2.46. The van der Waals surface area contributed by atoms with Crippen LogP contribution in [0.15, 0.2) is 35.3 Å². The lowest BCUT2D eigenvalue weighted by atomic mass is 9.90. The van der Waals surface area contributed by atoms with Crippen LogP contribution in [0.3, 0.4) is 0 Å². The third kappa shape index (κ3) is 12.6. The third-order valence-electron chi connectivity index (χ3n) is 6.53. The zero-order chi connectivity index (χ0) is 31.9. The van der Waals surface area contributed by atoms with E-state index < -0.39 is 91.2 Å². The molecule has 4 atom stereocenters. The zero-order valence-electron chi connectivity index (χ0n) is 23.4. The van der Waals surface area contributed by atoms with Crippen LogP contribution in [0.5, 0.6) is 0 Å². The molecule has 0 bridgehead atoms. The highest BCUT2D eigenvalue weighted by molar-refractivity contribution is 5.98. The van der Waals surface area contributed by atoms with Crippen LogP contribution < -0.4 is 32.7 Å². The number of nitrogens with zero attached hydrogens (tertiary/aromatic N) is 1. The van der Waals surface area contributed by atoms with E-state index >= 15 is 0 Å². The second-order valence-electron chi connectivity index (χ2n) is 10.00. The number of ketones is 1. The number of amides is 4. The summed E-state index contributed by atoms with van der Waals surface area (Å²) in [7, 11) is 0. The molecule has 0 radical (unpaired) electrons. The fourth-order valence-electron chi connectivity index (χ4n) is 4.37. The number of aliphatic imine (C=N–C) groups is 1. The molecule has 0 aromatic heterocycles. The summed E-state index contributed by atoms with van der Waals surface area (Å²) < 4.78 is 0. The number of hydrogen-bond acceptors (Lipinski definition) is 8. The van der Waals surface area contributed by atoms with Gasteiger partial charge in [-0.25, -0.2) is 0 Å². The number of carboxylic acids is 2. The summed E-state index contributed by atoms with van der Waals surface area (Å²) in [6, 6.07) is 4.47. The Morgan fingerprint density at radius 3 is 2.12 bits per heavy atom. The minimum Gasteiger partial charge on any atom is -0.481 e. The van der Waals surface area contributed by atoms with Crippen molar-refractivity contribution in [3.63, 3.8) is 0 Å². The smallest absolute Gasteiger partial charge is 0.305 e. The quantitative estimate of drug-likeness (QED) is 0.0762. The second kappa shape index (κ2) is 17.1. The highest BCUT2D eigenvalue weighted by atomic mass is 16.4. The molecule has 10 N–H and O–H groups in total. The maximum atomic E-state index is 13.5. The largest absolute Gasteiger partial charge is 0.481 e. The molecular formula is C27H37N7O9. The standard InChI is InChI=1S/C27H37N7O9/c28-27(29)30-10-4-7-17-25(42)31-14-21(36)32-19(13-23(39)40)20(35)12-16(11-15-5-2-1-3-6-15)24(41)33-18(26(43)34-17)8-9-22(37)38/h1-3,5-6,16-19H,4,7-14H2,(H,31,42)(H,32,36)(H,33,41)(H,34,43)(H,37,38)(H,39,40)(H4,28,29,30)/t16-,17-,18-,19-/m0/s1. The number of carbonyl (C=O) groups is 7. The number of benzene rings is 1. The molecule has 1 heterocycles. The van der Waals surface area contributed by atoms with Crippen LogP contribution in [0.2, 0.25) is 0 Å². The van der Waals surface area contributed by atoms with Gasteiger partial charge in [0.05, 0.1) is 19.0 Å². The second-order valence-corrected chi connectivity index (χ2v) is 10.00. The van der Waals surface area contributed by atoms with Crippen LogP contribution in [-0.2, 0) is 40.0 Å². The van der Waals surface area contributed by atoms with Gasteiger partial charge in [0.25, 0.3) is 0 Å². The van der Waals surface area contributed by atoms with E-state index in [1.54, 1.807) is 30.3 Å². The number of hydrogen-bond donors (Lipinski definition) is 8. The first-order chi connectivity index (χ1) is 20.3. The Bertz CT molecular complexity index is 1220. The van der Waals surface area contributed by atoms with Crippen molar-refractivity contribution in [2.24, 2.45) is 22.4 Å². The van der Waals surface area contributed by atoms with Gasteiger partial charge in [-0.2, -0.15) is 0 Å². The van der Waals surface area contributed by atoms with Gasteiger partial charge in [0.1, 0.15) is 12.1 Å². The lowest BCUT2D eigenvalue weighted by Crippen LogP contribution is -2.55. The van der Waals surface area contributed by atoms with E-state index in [2.05, 4.69) is 26.3 Å². The van der Waals surface area contributed by atoms with E-state index in [1.165, 1.54) is 0 Å². The number of guanidine groups is 1. The van der Waals surface area contributed by atoms with E-state index in [9.17, 15) is 43.8 Å².